The second-order valence-corrected chi connectivity index (χ2v) is 8.21. The van der Waals surface area contributed by atoms with E-state index in [0.29, 0.717) is 27.7 Å². The molecular weight excluding hydrogens is 442 g/mol. The highest BCUT2D eigenvalue weighted by Gasteiger charge is 2.38. The topological polar surface area (TPSA) is 88.6 Å². The van der Waals surface area contributed by atoms with Crippen molar-refractivity contribution in [3.05, 3.63) is 88.1 Å². The number of ether oxygens (including phenoxy) is 1. The van der Waals surface area contributed by atoms with E-state index in [1.807, 2.05) is 12.1 Å². The van der Waals surface area contributed by atoms with Gasteiger partial charge in [0, 0.05) is 42.0 Å². The van der Waals surface area contributed by atoms with E-state index < -0.39 is 5.92 Å². The van der Waals surface area contributed by atoms with Crippen molar-refractivity contribution in [2.24, 2.45) is 5.92 Å². The maximum atomic E-state index is 13.2. The molecule has 0 spiro atoms. The maximum absolute atomic E-state index is 13.2. The first kappa shape index (κ1) is 22.5. The molecule has 0 aliphatic carbocycles. The normalized spacial score (nSPS) is 15.2. The number of benzene rings is 2. The molecule has 8 heteroatoms. The van der Waals surface area contributed by atoms with Crippen LogP contribution in [0.3, 0.4) is 0 Å². The lowest BCUT2D eigenvalue weighted by Crippen LogP contribution is -2.43. The van der Waals surface area contributed by atoms with Crippen LogP contribution in [0.15, 0.2) is 60.8 Å². The Labute approximate surface area is 196 Å². The molecule has 4 rings (SSSR count). The van der Waals surface area contributed by atoms with Crippen LogP contribution in [0.5, 0.6) is 5.88 Å². The van der Waals surface area contributed by atoms with Gasteiger partial charge in [0.2, 0.25) is 11.8 Å². The van der Waals surface area contributed by atoms with Crippen LogP contribution in [0.1, 0.15) is 31.8 Å². The summed E-state index contributed by atoms with van der Waals surface area (Å²) in [5.74, 6) is -1.29. The number of pyridine rings is 1. The minimum absolute atomic E-state index is 0.239. The molecule has 0 saturated heterocycles. The fourth-order valence-electron chi connectivity index (χ4n) is 3.82. The number of anilines is 1. The third-order valence-electron chi connectivity index (χ3n) is 5.62. The zero-order valence-corrected chi connectivity index (χ0v) is 18.9. The summed E-state index contributed by atoms with van der Waals surface area (Å²) in [6.45, 7) is 0.274. The predicted molar refractivity (Wildman–Crippen MR) is 125 cm³/mol. The molecule has 1 N–H and O–H groups in total. The Kier molecular flexibility index (Phi) is 6.42. The standard InChI is InChI=1S/C25H22ClN3O4/c1-29-21-8-7-17(24(31)28-14-16-6-9-22(33-2)27-13-16)12-19(21)23(30)20(25(29)32)11-15-4-3-5-18(26)10-15/h3-10,12-13,20H,11,14H2,1-2H3,(H,28,31). The van der Waals surface area contributed by atoms with Gasteiger partial charge in [0.05, 0.1) is 12.8 Å². The van der Waals surface area contributed by atoms with Gasteiger partial charge >= 0.3 is 0 Å². The van der Waals surface area contributed by atoms with Crippen molar-refractivity contribution < 1.29 is 19.1 Å². The number of methoxy groups -OCH3 is 1. The van der Waals surface area contributed by atoms with E-state index in [2.05, 4.69) is 10.3 Å². The van der Waals surface area contributed by atoms with Crippen molar-refractivity contribution in [3.8, 4) is 5.88 Å². The molecule has 1 aliphatic rings. The van der Waals surface area contributed by atoms with E-state index >= 15 is 0 Å². The minimum Gasteiger partial charge on any atom is -0.481 e. The van der Waals surface area contributed by atoms with Crippen LogP contribution in [0.2, 0.25) is 5.02 Å². The highest BCUT2D eigenvalue weighted by molar-refractivity contribution is 6.30. The van der Waals surface area contributed by atoms with Gasteiger partial charge in [-0.25, -0.2) is 4.98 Å². The van der Waals surface area contributed by atoms with Crippen molar-refractivity contribution >= 4 is 34.9 Å². The Morgan fingerprint density at radius 3 is 2.64 bits per heavy atom. The fourth-order valence-corrected chi connectivity index (χ4v) is 4.03. The number of halogens is 1. The number of nitrogens with one attached hydrogen (secondary N) is 1. The second-order valence-electron chi connectivity index (χ2n) is 7.77. The lowest BCUT2D eigenvalue weighted by Gasteiger charge is -2.30. The van der Waals surface area contributed by atoms with E-state index in [0.717, 1.165) is 11.1 Å². The van der Waals surface area contributed by atoms with Crippen LogP contribution >= 0.6 is 11.6 Å². The summed E-state index contributed by atoms with van der Waals surface area (Å²) in [5.41, 5.74) is 2.79. The smallest absolute Gasteiger partial charge is 0.251 e. The number of carbonyl (C=O) groups excluding carboxylic acids is 3. The first-order valence-electron chi connectivity index (χ1n) is 10.3. The van der Waals surface area contributed by atoms with Gasteiger partial charge in [-0.1, -0.05) is 29.8 Å². The quantitative estimate of drug-likeness (QED) is 0.563. The monoisotopic (exact) mass is 463 g/mol. The number of amides is 2. The van der Waals surface area contributed by atoms with E-state index in [1.54, 1.807) is 55.7 Å². The van der Waals surface area contributed by atoms with Crippen LogP contribution in [0.25, 0.3) is 0 Å². The molecule has 2 aromatic carbocycles. The van der Waals surface area contributed by atoms with Gasteiger partial charge in [-0.2, -0.15) is 0 Å². The SMILES string of the molecule is COc1ccc(CNC(=O)c2ccc3c(c2)C(=O)C(Cc2cccc(Cl)c2)C(=O)N3C)cn1. The lowest BCUT2D eigenvalue weighted by molar-refractivity contribution is -0.120. The van der Waals surface area contributed by atoms with Gasteiger partial charge in [0.1, 0.15) is 5.92 Å². The molecule has 1 aromatic heterocycles. The van der Waals surface area contributed by atoms with Crippen molar-refractivity contribution in [2.45, 2.75) is 13.0 Å². The first-order chi connectivity index (χ1) is 15.9. The summed E-state index contributed by atoms with van der Waals surface area (Å²) in [6.07, 6.45) is 1.86. The zero-order valence-electron chi connectivity index (χ0n) is 18.2. The molecule has 0 bridgehead atoms. The van der Waals surface area contributed by atoms with Crippen LogP contribution in [-0.2, 0) is 17.8 Å². The van der Waals surface area contributed by atoms with Crippen molar-refractivity contribution in [2.75, 3.05) is 19.1 Å². The van der Waals surface area contributed by atoms with Crippen LogP contribution in [-0.4, -0.2) is 36.7 Å². The van der Waals surface area contributed by atoms with Gasteiger partial charge in [0.15, 0.2) is 5.78 Å². The number of hydrogen-bond acceptors (Lipinski definition) is 5. The second kappa shape index (κ2) is 9.42. The summed E-state index contributed by atoms with van der Waals surface area (Å²) in [5, 5.41) is 3.37. The van der Waals surface area contributed by atoms with Gasteiger partial charge in [-0.3, -0.25) is 14.4 Å². The fraction of sp³-hybridized carbons (Fsp3) is 0.200. The molecule has 1 aliphatic heterocycles. The van der Waals surface area contributed by atoms with Crippen molar-refractivity contribution in [3.63, 3.8) is 0 Å². The molecule has 1 atom stereocenters. The zero-order chi connectivity index (χ0) is 23.5. The van der Waals surface area contributed by atoms with Gasteiger partial charge in [-0.15, -0.1) is 0 Å². The van der Waals surface area contributed by atoms with Crippen molar-refractivity contribution in [1.29, 1.82) is 0 Å². The summed E-state index contributed by atoms with van der Waals surface area (Å²) in [4.78, 5) is 44.4. The Hall–Kier alpha value is -3.71. The summed E-state index contributed by atoms with van der Waals surface area (Å²) < 4.78 is 5.03. The number of ketones is 1. The molecule has 7 nitrogen and oxygen atoms in total. The Balaban J connectivity index is 1.53. The van der Waals surface area contributed by atoms with Crippen LogP contribution in [0, 0.1) is 5.92 Å². The molecule has 33 heavy (non-hydrogen) atoms. The Morgan fingerprint density at radius 2 is 1.94 bits per heavy atom. The number of Topliss-reactive ketones (excluding diaryl/α,β-unsaturated/α-hetero) is 1. The summed E-state index contributed by atoms with van der Waals surface area (Å²) >= 11 is 6.05. The Morgan fingerprint density at radius 1 is 1.12 bits per heavy atom. The molecule has 3 aromatic rings. The number of hydrogen-bond donors (Lipinski definition) is 1. The number of carbonyl (C=O) groups is 3. The molecule has 2 heterocycles. The predicted octanol–water partition coefficient (Wildman–Crippen LogP) is 3.69. The van der Waals surface area contributed by atoms with E-state index in [9.17, 15) is 14.4 Å². The number of rotatable bonds is 6. The van der Waals surface area contributed by atoms with Crippen LogP contribution in [0.4, 0.5) is 5.69 Å². The van der Waals surface area contributed by atoms with Gasteiger partial charge < -0.3 is 15.0 Å². The number of nitrogens with zero attached hydrogens (tertiary/aromatic N) is 2. The molecule has 168 valence electrons. The highest BCUT2D eigenvalue weighted by Crippen LogP contribution is 2.32. The average molecular weight is 464 g/mol. The summed E-state index contributed by atoms with van der Waals surface area (Å²) in [7, 11) is 3.17. The maximum Gasteiger partial charge on any atom is 0.251 e. The highest BCUT2D eigenvalue weighted by atomic mass is 35.5. The lowest BCUT2D eigenvalue weighted by atomic mass is 9.85. The molecular formula is C25H22ClN3O4. The van der Waals surface area contributed by atoms with E-state index in [-0.39, 0.29) is 30.6 Å². The van der Waals surface area contributed by atoms with Gasteiger partial charge in [-0.05, 0) is 47.9 Å². The summed E-state index contributed by atoms with van der Waals surface area (Å²) in [6, 6.07) is 15.4. The van der Waals surface area contributed by atoms with Crippen LogP contribution < -0.4 is 15.0 Å². The molecule has 2 amide bonds. The molecule has 1 unspecified atom stereocenters. The third-order valence-corrected chi connectivity index (χ3v) is 5.85. The van der Waals surface area contributed by atoms with Gasteiger partial charge in [0.25, 0.3) is 5.91 Å². The number of fused-ring (bicyclic) bond motifs is 1. The Bertz CT molecular complexity index is 1230. The van der Waals surface area contributed by atoms with E-state index in [1.165, 1.54) is 12.0 Å². The van der Waals surface area contributed by atoms with Crippen molar-refractivity contribution in [1.82, 2.24) is 10.3 Å². The molecule has 0 saturated carbocycles. The first-order valence-corrected chi connectivity index (χ1v) is 10.7. The average Bonchev–Trinajstić information content (AvgIpc) is 2.83. The largest absolute Gasteiger partial charge is 0.481 e. The van der Waals surface area contributed by atoms with E-state index in [4.69, 9.17) is 16.3 Å². The minimum atomic E-state index is -0.871. The number of aromatic nitrogens is 1. The third kappa shape index (κ3) is 4.73. The molecule has 0 radical (unpaired) electrons. The molecule has 0 fully saturated rings.